The molecule has 1 aromatic heterocycles. The van der Waals surface area contributed by atoms with Gasteiger partial charge in [0.15, 0.2) is 0 Å². The van der Waals surface area contributed by atoms with E-state index in [9.17, 15) is 5.11 Å². The van der Waals surface area contributed by atoms with Gasteiger partial charge in [0.2, 0.25) is 0 Å². The Kier molecular flexibility index (Phi) is 4.11. The van der Waals surface area contributed by atoms with Gasteiger partial charge in [-0.1, -0.05) is 6.92 Å². The zero-order chi connectivity index (χ0) is 11.4. The number of nitrogens with zero attached hydrogens (tertiary/aromatic N) is 1. The molecule has 0 fully saturated rings. The molecule has 0 saturated carbocycles. The van der Waals surface area contributed by atoms with Crippen molar-refractivity contribution in [1.29, 1.82) is 5.41 Å². The second-order valence-corrected chi connectivity index (χ2v) is 4.76. The van der Waals surface area contributed by atoms with Crippen LogP contribution < -0.4 is 5.73 Å². The maximum absolute atomic E-state index is 9.32. The van der Waals surface area contributed by atoms with E-state index < -0.39 is 0 Å². The van der Waals surface area contributed by atoms with Crippen LogP contribution in [0.2, 0.25) is 0 Å². The number of nitrogen functional groups attached to an aromatic ring is 1. The van der Waals surface area contributed by atoms with Crippen molar-refractivity contribution in [2.75, 3.05) is 0 Å². The Hall–Kier alpha value is -1.07. The molecule has 0 aromatic carbocycles. The highest BCUT2D eigenvalue weighted by atomic mass is 32.2. The van der Waals surface area contributed by atoms with E-state index in [0.29, 0.717) is 5.56 Å². The molecule has 4 N–H and O–H groups in total. The maximum Gasteiger partial charge on any atom is 0.124 e. The van der Waals surface area contributed by atoms with Crippen molar-refractivity contribution < 1.29 is 5.11 Å². The minimum absolute atomic E-state index is 0.0163. The predicted molar refractivity (Wildman–Crippen MR) is 62.3 cm³/mol. The van der Waals surface area contributed by atoms with Gasteiger partial charge < -0.3 is 10.8 Å². The zero-order valence-electron chi connectivity index (χ0n) is 8.77. The number of aliphatic hydroxyl groups excluding tert-OH is 1. The molecule has 82 valence electrons. The first kappa shape index (κ1) is 12.0. The van der Waals surface area contributed by atoms with E-state index in [0.717, 1.165) is 5.03 Å². The number of rotatable bonds is 4. The average molecular weight is 225 g/mol. The van der Waals surface area contributed by atoms with E-state index >= 15 is 0 Å². The third-order valence-electron chi connectivity index (χ3n) is 2.03. The van der Waals surface area contributed by atoms with E-state index in [1.165, 1.54) is 11.8 Å². The molecule has 0 spiro atoms. The largest absolute Gasteiger partial charge is 0.392 e. The molecule has 15 heavy (non-hydrogen) atoms. The molecule has 0 amide bonds. The number of pyridine rings is 1. The fourth-order valence-electron chi connectivity index (χ4n) is 0.898. The Morgan fingerprint density at radius 2 is 2.20 bits per heavy atom. The Bertz CT molecular complexity index is 337. The van der Waals surface area contributed by atoms with Gasteiger partial charge in [0, 0.05) is 17.0 Å². The van der Waals surface area contributed by atoms with E-state index in [2.05, 4.69) is 4.98 Å². The number of amidine groups is 1. The smallest absolute Gasteiger partial charge is 0.124 e. The molecule has 0 saturated heterocycles. The first-order chi connectivity index (χ1) is 7.00. The summed E-state index contributed by atoms with van der Waals surface area (Å²) >= 11 is 1.50. The number of hydrogen-bond donors (Lipinski definition) is 3. The summed E-state index contributed by atoms with van der Waals surface area (Å²) in [7, 11) is 0. The molecule has 0 bridgehead atoms. The lowest BCUT2D eigenvalue weighted by Gasteiger charge is -2.13. The molecule has 0 aliphatic carbocycles. The first-order valence-electron chi connectivity index (χ1n) is 4.66. The first-order valence-corrected chi connectivity index (χ1v) is 5.54. The van der Waals surface area contributed by atoms with Crippen molar-refractivity contribution in [3.05, 3.63) is 23.9 Å². The fourth-order valence-corrected chi connectivity index (χ4v) is 1.74. The van der Waals surface area contributed by atoms with Gasteiger partial charge >= 0.3 is 0 Å². The summed E-state index contributed by atoms with van der Waals surface area (Å²) in [6, 6.07) is 3.56. The lowest BCUT2D eigenvalue weighted by atomic mass is 10.3. The van der Waals surface area contributed by atoms with Crippen LogP contribution in [0.25, 0.3) is 0 Å². The van der Waals surface area contributed by atoms with E-state index in [4.69, 9.17) is 11.1 Å². The van der Waals surface area contributed by atoms with Crippen molar-refractivity contribution in [3.8, 4) is 0 Å². The van der Waals surface area contributed by atoms with E-state index in [1.54, 1.807) is 25.3 Å². The molecular weight excluding hydrogens is 210 g/mol. The molecule has 1 rings (SSSR count). The number of aromatic nitrogens is 1. The normalized spacial score (nSPS) is 14.6. The molecule has 0 aliphatic heterocycles. The van der Waals surface area contributed by atoms with E-state index in [1.807, 2.05) is 6.92 Å². The summed E-state index contributed by atoms with van der Waals surface area (Å²) in [6.07, 6.45) is 1.20. The van der Waals surface area contributed by atoms with Crippen LogP contribution in [0.15, 0.2) is 23.4 Å². The highest BCUT2D eigenvalue weighted by Crippen LogP contribution is 2.23. The Morgan fingerprint density at radius 3 is 2.60 bits per heavy atom. The van der Waals surface area contributed by atoms with Crippen molar-refractivity contribution in [3.63, 3.8) is 0 Å². The van der Waals surface area contributed by atoms with Gasteiger partial charge in [-0.3, -0.25) is 5.41 Å². The van der Waals surface area contributed by atoms with Crippen LogP contribution >= 0.6 is 11.8 Å². The summed E-state index contributed by atoms with van der Waals surface area (Å²) < 4.78 is 0. The maximum atomic E-state index is 9.32. The molecular formula is C10H15N3OS. The third kappa shape index (κ3) is 3.53. The van der Waals surface area contributed by atoms with Crippen molar-refractivity contribution in [1.82, 2.24) is 4.98 Å². The quantitative estimate of drug-likeness (QED) is 0.409. The lowest BCUT2D eigenvalue weighted by molar-refractivity contribution is 0.196. The summed E-state index contributed by atoms with van der Waals surface area (Å²) in [5, 5.41) is 17.5. The van der Waals surface area contributed by atoms with Crippen LogP contribution in [0.4, 0.5) is 0 Å². The molecule has 0 radical (unpaired) electrons. The van der Waals surface area contributed by atoms with Gasteiger partial charge in [-0.25, -0.2) is 4.98 Å². The second kappa shape index (κ2) is 5.14. The van der Waals surface area contributed by atoms with Crippen LogP contribution in [0.3, 0.4) is 0 Å². The minimum Gasteiger partial charge on any atom is -0.392 e. The van der Waals surface area contributed by atoms with Crippen LogP contribution in [-0.2, 0) is 0 Å². The molecule has 4 nitrogen and oxygen atoms in total. The van der Waals surface area contributed by atoms with Gasteiger partial charge in [0.1, 0.15) is 5.84 Å². The molecule has 1 aromatic rings. The SMILES string of the molecule is CC(O)C(C)Sc1ccc(C(=N)N)cn1. The number of thioether (sulfide) groups is 1. The number of nitrogens with one attached hydrogen (secondary N) is 1. The highest BCUT2D eigenvalue weighted by Gasteiger charge is 2.11. The van der Waals surface area contributed by atoms with E-state index in [-0.39, 0.29) is 17.2 Å². The highest BCUT2D eigenvalue weighted by molar-refractivity contribution is 7.99. The molecule has 5 heteroatoms. The van der Waals surface area contributed by atoms with Crippen LogP contribution in [0.5, 0.6) is 0 Å². The average Bonchev–Trinajstić information content (AvgIpc) is 2.18. The zero-order valence-corrected chi connectivity index (χ0v) is 9.58. The van der Waals surface area contributed by atoms with Gasteiger partial charge in [-0.05, 0) is 19.1 Å². The minimum atomic E-state index is -0.371. The van der Waals surface area contributed by atoms with Gasteiger partial charge in [-0.15, -0.1) is 11.8 Å². The summed E-state index contributed by atoms with van der Waals surface area (Å²) in [5.74, 6) is 0.0163. The monoisotopic (exact) mass is 225 g/mol. The number of aliphatic hydroxyl groups is 1. The third-order valence-corrected chi connectivity index (χ3v) is 3.28. The van der Waals surface area contributed by atoms with Gasteiger partial charge in [0.05, 0.1) is 11.1 Å². The topological polar surface area (TPSA) is 83.0 Å². The summed E-state index contributed by atoms with van der Waals surface area (Å²) in [4.78, 5) is 4.15. The van der Waals surface area contributed by atoms with Crippen LogP contribution in [0.1, 0.15) is 19.4 Å². The molecule has 1 heterocycles. The Balaban J connectivity index is 2.68. The van der Waals surface area contributed by atoms with Gasteiger partial charge in [0.25, 0.3) is 0 Å². The molecule has 0 aliphatic rings. The summed E-state index contributed by atoms with van der Waals surface area (Å²) in [6.45, 7) is 3.69. The van der Waals surface area contributed by atoms with Crippen molar-refractivity contribution in [2.45, 2.75) is 30.2 Å². The van der Waals surface area contributed by atoms with Crippen molar-refractivity contribution in [2.24, 2.45) is 5.73 Å². The fraction of sp³-hybridized carbons (Fsp3) is 0.400. The lowest BCUT2D eigenvalue weighted by Crippen LogP contribution is -2.15. The predicted octanol–water partition coefficient (Wildman–Crippen LogP) is 1.23. The standard InChI is InChI=1S/C10H15N3OS/c1-6(14)7(2)15-9-4-3-8(5-13-9)10(11)12/h3-7,14H,1-2H3,(H3,11,12). The Labute approximate surface area is 93.4 Å². The second-order valence-electron chi connectivity index (χ2n) is 3.36. The Morgan fingerprint density at radius 1 is 1.53 bits per heavy atom. The van der Waals surface area contributed by atoms with Crippen LogP contribution in [0, 0.1) is 5.41 Å². The van der Waals surface area contributed by atoms with Crippen LogP contribution in [-0.4, -0.2) is 27.3 Å². The summed E-state index contributed by atoms with van der Waals surface area (Å²) in [5.41, 5.74) is 5.92. The van der Waals surface area contributed by atoms with Gasteiger partial charge in [-0.2, -0.15) is 0 Å². The molecule has 2 unspecified atom stereocenters. The number of nitrogens with two attached hydrogens (primary N) is 1. The molecule has 2 atom stereocenters. The number of hydrogen-bond acceptors (Lipinski definition) is 4. The van der Waals surface area contributed by atoms with Crippen molar-refractivity contribution >= 4 is 17.6 Å².